The number of aromatic nitrogens is 2. The van der Waals surface area contributed by atoms with Gasteiger partial charge in [-0.25, -0.2) is 9.97 Å². The second-order valence-electron chi connectivity index (χ2n) is 6.87. The summed E-state index contributed by atoms with van der Waals surface area (Å²) in [6.07, 6.45) is 5.37. The molecule has 0 fully saturated rings. The molecule has 4 rings (SSSR count). The predicted molar refractivity (Wildman–Crippen MR) is 125 cm³/mol. The smallest absolute Gasteiger partial charge is 0.267 e. The number of amides is 1. The van der Waals surface area contributed by atoms with Gasteiger partial charge in [0, 0.05) is 48.5 Å². The van der Waals surface area contributed by atoms with E-state index in [9.17, 15) is 4.79 Å². The number of halogens is 2. The minimum atomic E-state index is -0.157. The molecule has 2 aromatic carbocycles. The highest BCUT2D eigenvalue weighted by Crippen LogP contribution is 2.28. The number of carbonyl (C=O) groups is 1. The van der Waals surface area contributed by atoms with Gasteiger partial charge in [0.2, 0.25) is 5.95 Å². The van der Waals surface area contributed by atoms with Crippen LogP contribution in [0.15, 0.2) is 70.7 Å². The molecule has 2 N–H and O–H groups in total. The Morgan fingerprint density at radius 2 is 2.10 bits per heavy atom. The van der Waals surface area contributed by atoms with Gasteiger partial charge in [-0.15, -0.1) is 0 Å². The maximum atomic E-state index is 12.0. The van der Waals surface area contributed by atoms with Gasteiger partial charge in [-0.1, -0.05) is 11.6 Å². The Labute approximate surface area is 192 Å². The molecule has 1 aliphatic rings. The van der Waals surface area contributed by atoms with Crippen molar-refractivity contribution in [2.24, 2.45) is 0 Å². The lowest BCUT2D eigenvalue weighted by atomic mass is 10.2. The zero-order valence-corrected chi connectivity index (χ0v) is 19.2. The average molecular weight is 501 g/mol. The number of allylic oxidation sites excluding steroid dienone is 1. The van der Waals surface area contributed by atoms with Crippen molar-refractivity contribution >= 4 is 56.0 Å². The van der Waals surface area contributed by atoms with Crippen LogP contribution in [0.5, 0.6) is 5.75 Å². The molecule has 0 saturated heterocycles. The van der Waals surface area contributed by atoms with Crippen molar-refractivity contribution in [2.45, 2.75) is 0 Å². The summed E-state index contributed by atoms with van der Waals surface area (Å²) in [6, 6.07) is 11.1. The first-order valence-corrected chi connectivity index (χ1v) is 10.6. The van der Waals surface area contributed by atoms with Crippen LogP contribution in [-0.4, -0.2) is 41.4 Å². The highest BCUT2D eigenvalue weighted by Gasteiger charge is 2.17. The number of rotatable bonds is 5. The third-order valence-electron chi connectivity index (χ3n) is 4.68. The summed E-state index contributed by atoms with van der Waals surface area (Å²) in [5.41, 5.74) is 2.11. The molecule has 9 heteroatoms. The Balaban J connectivity index is 1.52. The van der Waals surface area contributed by atoms with Gasteiger partial charge in [-0.2, -0.15) is 0 Å². The highest BCUT2D eigenvalue weighted by molar-refractivity contribution is 9.10. The normalized spacial score (nSPS) is 13.5. The lowest BCUT2D eigenvalue weighted by Crippen LogP contribution is -2.33. The van der Waals surface area contributed by atoms with E-state index in [2.05, 4.69) is 36.5 Å². The second kappa shape index (κ2) is 8.95. The van der Waals surface area contributed by atoms with E-state index in [1.807, 2.05) is 48.4 Å². The van der Waals surface area contributed by atoms with Crippen molar-refractivity contribution < 1.29 is 9.53 Å². The summed E-state index contributed by atoms with van der Waals surface area (Å²) in [6.45, 7) is 0.584. The van der Waals surface area contributed by atoms with Gasteiger partial charge in [-0.3, -0.25) is 4.79 Å². The van der Waals surface area contributed by atoms with Gasteiger partial charge < -0.3 is 20.3 Å². The summed E-state index contributed by atoms with van der Waals surface area (Å²) < 4.78 is 6.80. The minimum Gasteiger partial charge on any atom is -0.458 e. The van der Waals surface area contributed by atoms with Gasteiger partial charge in [0.25, 0.3) is 5.91 Å². The van der Waals surface area contributed by atoms with Crippen LogP contribution in [-0.2, 0) is 4.79 Å². The van der Waals surface area contributed by atoms with Gasteiger partial charge in [0.15, 0.2) is 0 Å². The van der Waals surface area contributed by atoms with Gasteiger partial charge in [0.05, 0.1) is 10.5 Å². The maximum absolute atomic E-state index is 12.0. The SMILES string of the molecule is CNC(=O)C1=CC(Oc2ccc3nc(Nc4ccc(Br)c(Cl)c4)ncc3c2)=CCN1C. The average Bonchev–Trinajstić information content (AvgIpc) is 2.77. The molecule has 0 unspecified atom stereocenters. The monoisotopic (exact) mass is 499 g/mol. The fourth-order valence-corrected chi connectivity index (χ4v) is 3.47. The fraction of sp³-hybridized carbons (Fsp3) is 0.136. The van der Waals surface area contributed by atoms with Crippen molar-refractivity contribution in [3.63, 3.8) is 0 Å². The molecule has 0 spiro atoms. The van der Waals surface area contributed by atoms with Crippen molar-refractivity contribution in [3.8, 4) is 5.75 Å². The number of likely N-dealkylation sites (N-methyl/N-ethyl adjacent to an activating group) is 2. The van der Waals surface area contributed by atoms with Crippen LogP contribution < -0.4 is 15.4 Å². The zero-order valence-electron chi connectivity index (χ0n) is 16.8. The quantitative estimate of drug-likeness (QED) is 0.532. The third kappa shape index (κ3) is 4.81. The number of carbonyl (C=O) groups excluding carboxylic acids is 1. The summed E-state index contributed by atoms with van der Waals surface area (Å²) in [7, 11) is 3.46. The molecule has 0 radical (unpaired) electrons. The van der Waals surface area contributed by atoms with E-state index in [0.29, 0.717) is 34.7 Å². The van der Waals surface area contributed by atoms with Crippen LogP contribution in [0.2, 0.25) is 5.02 Å². The van der Waals surface area contributed by atoms with Crippen molar-refractivity contribution in [3.05, 3.63) is 75.7 Å². The molecule has 1 aliphatic heterocycles. The van der Waals surface area contributed by atoms with E-state index in [1.54, 1.807) is 25.4 Å². The number of nitrogens with one attached hydrogen (secondary N) is 2. The Hall–Kier alpha value is -3.10. The number of ether oxygens (including phenoxy) is 1. The van der Waals surface area contributed by atoms with E-state index in [1.165, 1.54) is 0 Å². The van der Waals surface area contributed by atoms with Crippen LogP contribution in [0.1, 0.15) is 0 Å². The van der Waals surface area contributed by atoms with Crippen molar-refractivity contribution in [1.29, 1.82) is 0 Å². The van der Waals surface area contributed by atoms with Gasteiger partial charge >= 0.3 is 0 Å². The molecular weight excluding hydrogens is 482 g/mol. The van der Waals surface area contributed by atoms with E-state index < -0.39 is 0 Å². The lowest BCUT2D eigenvalue weighted by molar-refractivity contribution is -0.118. The number of hydrogen-bond donors (Lipinski definition) is 2. The zero-order chi connectivity index (χ0) is 22.0. The third-order valence-corrected chi connectivity index (χ3v) is 5.91. The molecule has 3 aromatic rings. The van der Waals surface area contributed by atoms with Gasteiger partial charge in [0.1, 0.15) is 17.2 Å². The number of anilines is 2. The van der Waals surface area contributed by atoms with Crippen LogP contribution in [0.3, 0.4) is 0 Å². The summed E-state index contributed by atoms with van der Waals surface area (Å²) >= 11 is 9.51. The van der Waals surface area contributed by atoms with Crippen molar-refractivity contribution in [2.75, 3.05) is 26.0 Å². The molecule has 1 amide bonds. The topological polar surface area (TPSA) is 79.4 Å². The second-order valence-corrected chi connectivity index (χ2v) is 8.13. The maximum Gasteiger partial charge on any atom is 0.267 e. The molecule has 1 aromatic heterocycles. The molecule has 0 aliphatic carbocycles. The fourth-order valence-electron chi connectivity index (χ4n) is 3.04. The van der Waals surface area contributed by atoms with E-state index in [4.69, 9.17) is 16.3 Å². The Bertz CT molecular complexity index is 1230. The highest BCUT2D eigenvalue weighted by atomic mass is 79.9. The Morgan fingerprint density at radius 1 is 1.26 bits per heavy atom. The lowest BCUT2D eigenvalue weighted by Gasteiger charge is -2.24. The molecular formula is C22H19BrClN5O2. The van der Waals surface area contributed by atoms with Crippen LogP contribution in [0.25, 0.3) is 10.9 Å². The Morgan fingerprint density at radius 3 is 2.87 bits per heavy atom. The molecule has 0 saturated carbocycles. The minimum absolute atomic E-state index is 0.157. The molecule has 2 heterocycles. The standard InChI is InChI=1S/C22H19BrClN5O2/c1-25-21(30)20-11-16(7-8-29(20)2)31-15-4-6-19-13(9-15)12-26-22(28-19)27-14-3-5-17(23)18(24)10-14/h3-7,9-12H,8H2,1-2H3,(H,25,30)(H,26,27,28). The summed E-state index contributed by atoms with van der Waals surface area (Å²) in [5.74, 6) is 1.56. The van der Waals surface area contributed by atoms with E-state index in [-0.39, 0.29) is 5.91 Å². The molecule has 31 heavy (non-hydrogen) atoms. The number of fused-ring (bicyclic) bond motifs is 1. The Kier molecular flexibility index (Phi) is 6.11. The predicted octanol–water partition coefficient (Wildman–Crippen LogP) is 4.63. The van der Waals surface area contributed by atoms with E-state index in [0.717, 1.165) is 21.1 Å². The van der Waals surface area contributed by atoms with Gasteiger partial charge in [-0.05, 0) is 58.4 Å². The molecule has 7 nitrogen and oxygen atoms in total. The molecule has 158 valence electrons. The van der Waals surface area contributed by atoms with Crippen LogP contribution >= 0.6 is 27.5 Å². The molecule has 0 bridgehead atoms. The molecule has 0 atom stereocenters. The van der Waals surface area contributed by atoms with Crippen molar-refractivity contribution in [1.82, 2.24) is 20.2 Å². The first kappa shape index (κ1) is 21.1. The largest absolute Gasteiger partial charge is 0.458 e. The van der Waals surface area contributed by atoms with Crippen LogP contribution in [0, 0.1) is 0 Å². The number of hydrogen-bond acceptors (Lipinski definition) is 6. The van der Waals surface area contributed by atoms with E-state index >= 15 is 0 Å². The summed E-state index contributed by atoms with van der Waals surface area (Å²) in [4.78, 5) is 22.8. The number of nitrogens with zero attached hydrogens (tertiary/aromatic N) is 3. The first-order valence-electron chi connectivity index (χ1n) is 9.45. The summed E-state index contributed by atoms with van der Waals surface area (Å²) in [5, 5.41) is 7.23. The van der Waals surface area contributed by atoms with Crippen LogP contribution in [0.4, 0.5) is 11.6 Å². The first-order chi connectivity index (χ1) is 14.9. The number of benzene rings is 2.